The van der Waals surface area contributed by atoms with Crippen LogP contribution >= 0.6 is 0 Å². The van der Waals surface area contributed by atoms with Gasteiger partial charge in [-0.2, -0.15) is 0 Å². The number of aryl methyl sites for hydroxylation is 1. The fourth-order valence-corrected chi connectivity index (χ4v) is 3.58. The smallest absolute Gasteiger partial charge is 0.242 e. The number of rotatable bonds is 8. The molecule has 0 saturated heterocycles. The maximum absolute atomic E-state index is 13.3. The van der Waals surface area contributed by atoms with Gasteiger partial charge < -0.3 is 23.7 Å². The lowest BCUT2D eigenvalue weighted by Crippen LogP contribution is -2.46. The summed E-state index contributed by atoms with van der Waals surface area (Å²) in [6.45, 7) is 6.78. The molecule has 0 radical (unpaired) electrons. The van der Waals surface area contributed by atoms with E-state index in [9.17, 15) is 9.59 Å². The number of ether oxygens (including phenoxy) is 2. The van der Waals surface area contributed by atoms with Crippen LogP contribution in [0.2, 0.25) is 0 Å². The van der Waals surface area contributed by atoms with Gasteiger partial charge in [0.05, 0.1) is 6.54 Å². The SMILES string of the molecule is Cc1ccc(CN(Cc2ccc3c(c2)OCO3)C(=O)CN(C(=O)C2CC2)C(C)C)o1. The van der Waals surface area contributed by atoms with E-state index in [-0.39, 0.29) is 37.1 Å². The van der Waals surface area contributed by atoms with Crippen molar-refractivity contribution >= 4 is 11.8 Å². The first-order valence-electron chi connectivity index (χ1n) is 10.4. The lowest BCUT2D eigenvalue weighted by Gasteiger charge is -2.30. The summed E-state index contributed by atoms with van der Waals surface area (Å²) in [6, 6.07) is 9.41. The number of carbonyl (C=O) groups excluding carboxylic acids is 2. The molecule has 4 rings (SSSR count). The van der Waals surface area contributed by atoms with Gasteiger partial charge in [-0.15, -0.1) is 0 Å². The number of fused-ring (bicyclic) bond motifs is 1. The Morgan fingerprint density at radius 2 is 1.83 bits per heavy atom. The molecule has 1 aromatic carbocycles. The Hall–Kier alpha value is -2.96. The first-order valence-corrected chi connectivity index (χ1v) is 10.4. The molecule has 1 aliphatic heterocycles. The summed E-state index contributed by atoms with van der Waals surface area (Å²) in [5, 5.41) is 0. The standard InChI is InChI=1S/C23H28N2O5/c1-15(2)25(23(27)18-6-7-18)13-22(26)24(12-19-8-4-16(3)30-19)11-17-5-9-20-21(10-17)29-14-28-20/h4-5,8-10,15,18H,6-7,11-14H2,1-3H3. The zero-order valence-electron chi connectivity index (χ0n) is 17.7. The molecule has 0 bridgehead atoms. The van der Waals surface area contributed by atoms with Gasteiger partial charge in [0.15, 0.2) is 11.5 Å². The molecule has 7 heteroatoms. The van der Waals surface area contributed by atoms with E-state index in [2.05, 4.69) is 0 Å². The predicted molar refractivity (Wildman–Crippen MR) is 110 cm³/mol. The summed E-state index contributed by atoms with van der Waals surface area (Å²) < 4.78 is 16.5. The molecule has 1 saturated carbocycles. The largest absolute Gasteiger partial charge is 0.464 e. The van der Waals surface area contributed by atoms with Gasteiger partial charge in [0, 0.05) is 18.5 Å². The Morgan fingerprint density at radius 3 is 2.50 bits per heavy atom. The monoisotopic (exact) mass is 412 g/mol. The van der Waals surface area contributed by atoms with Gasteiger partial charge in [-0.05, 0) is 63.4 Å². The number of hydrogen-bond acceptors (Lipinski definition) is 5. The second kappa shape index (κ2) is 8.42. The van der Waals surface area contributed by atoms with E-state index in [4.69, 9.17) is 13.9 Å². The minimum absolute atomic E-state index is 0.0275. The van der Waals surface area contributed by atoms with Crippen LogP contribution in [0.25, 0.3) is 0 Å². The van der Waals surface area contributed by atoms with Crippen LogP contribution in [-0.4, -0.2) is 41.0 Å². The normalized spacial score (nSPS) is 14.8. The Kier molecular flexibility index (Phi) is 5.70. The van der Waals surface area contributed by atoms with Crippen LogP contribution < -0.4 is 9.47 Å². The van der Waals surface area contributed by atoms with Gasteiger partial charge in [-0.3, -0.25) is 9.59 Å². The molecule has 2 aromatic rings. The molecule has 160 valence electrons. The van der Waals surface area contributed by atoms with E-state index in [0.717, 1.165) is 24.2 Å². The fourth-order valence-electron chi connectivity index (χ4n) is 3.58. The molecule has 2 aliphatic rings. The molecule has 0 atom stereocenters. The molecule has 1 aromatic heterocycles. The molecule has 30 heavy (non-hydrogen) atoms. The lowest BCUT2D eigenvalue weighted by atomic mass is 10.1. The van der Waals surface area contributed by atoms with Crippen LogP contribution in [0.5, 0.6) is 11.5 Å². The van der Waals surface area contributed by atoms with Crippen molar-refractivity contribution in [2.75, 3.05) is 13.3 Å². The maximum Gasteiger partial charge on any atom is 0.242 e. The van der Waals surface area contributed by atoms with Crippen LogP contribution in [0, 0.1) is 12.8 Å². The first-order chi connectivity index (χ1) is 14.4. The zero-order chi connectivity index (χ0) is 21.3. The van der Waals surface area contributed by atoms with Crippen molar-refractivity contribution in [1.82, 2.24) is 9.80 Å². The van der Waals surface area contributed by atoms with Crippen LogP contribution in [0.15, 0.2) is 34.7 Å². The Bertz CT molecular complexity index is 931. The summed E-state index contributed by atoms with van der Waals surface area (Å²) in [4.78, 5) is 29.4. The summed E-state index contributed by atoms with van der Waals surface area (Å²) in [5.41, 5.74) is 0.931. The van der Waals surface area contributed by atoms with Crippen molar-refractivity contribution in [3.8, 4) is 11.5 Å². The Labute approximate surface area is 176 Å². The Balaban J connectivity index is 1.52. The van der Waals surface area contributed by atoms with Gasteiger partial charge in [0.2, 0.25) is 18.6 Å². The highest BCUT2D eigenvalue weighted by Crippen LogP contribution is 2.33. The number of benzene rings is 1. The number of nitrogens with zero attached hydrogens (tertiary/aromatic N) is 2. The highest BCUT2D eigenvalue weighted by Gasteiger charge is 2.35. The van der Waals surface area contributed by atoms with E-state index in [1.165, 1.54) is 0 Å². The maximum atomic E-state index is 13.3. The van der Waals surface area contributed by atoms with Crippen molar-refractivity contribution in [3.05, 3.63) is 47.4 Å². The number of amides is 2. The summed E-state index contributed by atoms with van der Waals surface area (Å²) in [6.07, 6.45) is 1.84. The zero-order valence-corrected chi connectivity index (χ0v) is 17.7. The molecule has 1 fully saturated rings. The van der Waals surface area contributed by atoms with Crippen molar-refractivity contribution in [2.24, 2.45) is 5.92 Å². The van der Waals surface area contributed by atoms with E-state index in [1.807, 2.05) is 51.1 Å². The average molecular weight is 412 g/mol. The second-order valence-corrected chi connectivity index (χ2v) is 8.28. The highest BCUT2D eigenvalue weighted by atomic mass is 16.7. The van der Waals surface area contributed by atoms with E-state index in [0.29, 0.717) is 30.3 Å². The van der Waals surface area contributed by atoms with E-state index in [1.54, 1.807) is 9.80 Å². The minimum atomic E-state index is -0.107. The molecular formula is C23H28N2O5. The van der Waals surface area contributed by atoms with Crippen molar-refractivity contribution < 1.29 is 23.5 Å². The molecule has 2 heterocycles. The number of furan rings is 1. The molecule has 0 spiro atoms. The predicted octanol–water partition coefficient (Wildman–Crippen LogP) is 3.49. The van der Waals surface area contributed by atoms with Crippen molar-refractivity contribution in [2.45, 2.75) is 52.7 Å². The molecule has 7 nitrogen and oxygen atoms in total. The summed E-state index contributed by atoms with van der Waals surface area (Å²) >= 11 is 0. The molecule has 0 N–H and O–H groups in total. The molecule has 2 amide bonds. The van der Waals surface area contributed by atoms with Gasteiger partial charge in [0.25, 0.3) is 0 Å². The summed E-state index contributed by atoms with van der Waals surface area (Å²) in [7, 11) is 0. The highest BCUT2D eigenvalue weighted by molar-refractivity contribution is 5.87. The second-order valence-electron chi connectivity index (χ2n) is 8.28. The molecule has 0 unspecified atom stereocenters. The van der Waals surface area contributed by atoms with Crippen LogP contribution in [0.3, 0.4) is 0 Å². The number of carbonyl (C=O) groups is 2. The third kappa shape index (κ3) is 4.61. The minimum Gasteiger partial charge on any atom is -0.464 e. The fraction of sp³-hybridized carbons (Fsp3) is 0.478. The molecular weight excluding hydrogens is 384 g/mol. The van der Waals surface area contributed by atoms with Crippen molar-refractivity contribution in [3.63, 3.8) is 0 Å². The van der Waals surface area contributed by atoms with Gasteiger partial charge >= 0.3 is 0 Å². The van der Waals surface area contributed by atoms with Crippen LogP contribution in [0.4, 0.5) is 0 Å². The van der Waals surface area contributed by atoms with Crippen LogP contribution in [0.1, 0.15) is 43.8 Å². The quantitative estimate of drug-likeness (QED) is 0.664. The average Bonchev–Trinajstić information content (AvgIpc) is 3.33. The van der Waals surface area contributed by atoms with Crippen molar-refractivity contribution in [1.29, 1.82) is 0 Å². The topological polar surface area (TPSA) is 72.2 Å². The van der Waals surface area contributed by atoms with Gasteiger partial charge in [-0.25, -0.2) is 0 Å². The van der Waals surface area contributed by atoms with Gasteiger partial charge in [-0.1, -0.05) is 6.07 Å². The summed E-state index contributed by atoms with van der Waals surface area (Å²) in [5.74, 6) is 2.95. The van der Waals surface area contributed by atoms with Gasteiger partial charge in [0.1, 0.15) is 18.1 Å². The lowest BCUT2D eigenvalue weighted by molar-refractivity contribution is -0.143. The third-order valence-corrected chi connectivity index (χ3v) is 5.44. The molecule has 1 aliphatic carbocycles. The Morgan fingerprint density at radius 1 is 1.07 bits per heavy atom. The third-order valence-electron chi connectivity index (χ3n) is 5.44. The van der Waals surface area contributed by atoms with E-state index >= 15 is 0 Å². The van der Waals surface area contributed by atoms with Crippen LogP contribution in [-0.2, 0) is 22.7 Å². The van der Waals surface area contributed by atoms with E-state index < -0.39 is 0 Å². The number of hydrogen-bond donors (Lipinski definition) is 0. The first kappa shape index (κ1) is 20.3.